The van der Waals surface area contributed by atoms with Gasteiger partial charge in [0.15, 0.2) is 5.76 Å². The van der Waals surface area contributed by atoms with Gasteiger partial charge in [-0.05, 0) is 13.6 Å². The van der Waals surface area contributed by atoms with E-state index in [1.165, 1.54) is 0 Å². The lowest BCUT2D eigenvalue weighted by molar-refractivity contribution is 0.381. The maximum atomic E-state index is 5.77. The van der Waals surface area contributed by atoms with E-state index < -0.39 is 0 Å². The molecule has 0 unspecified atom stereocenters. The van der Waals surface area contributed by atoms with E-state index in [-0.39, 0.29) is 0 Å². The first-order valence-electron chi connectivity index (χ1n) is 4.69. The number of rotatable bonds is 4. The van der Waals surface area contributed by atoms with Crippen molar-refractivity contribution >= 4 is 29.3 Å². The summed E-state index contributed by atoms with van der Waals surface area (Å²) >= 11 is 5.77. The van der Waals surface area contributed by atoms with E-state index >= 15 is 0 Å². The molecule has 0 bridgehead atoms. The Morgan fingerprint density at radius 3 is 2.88 bits per heavy atom. The quantitative estimate of drug-likeness (QED) is 0.599. The molecule has 1 aromatic rings. The molecule has 0 aromatic carbocycles. The average Bonchev–Trinajstić information content (AvgIpc) is 2.69. The fourth-order valence-corrected chi connectivity index (χ4v) is 1.15. The maximum absolute atomic E-state index is 5.77. The molecule has 1 heterocycles. The van der Waals surface area contributed by atoms with Crippen LogP contribution in [0.15, 0.2) is 25.6 Å². The predicted molar refractivity (Wildman–Crippen MR) is 65.8 cm³/mol. The van der Waals surface area contributed by atoms with Gasteiger partial charge in [0, 0.05) is 13.1 Å². The average molecular weight is 241 g/mol. The summed E-state index contributed by atoms with van der Waals surface area (Å²) in [6.07, 6.45) is 0.384. The summed E-state index contributed by atoms with van der Waals surface area (Å²) in [6.45, 7) is 5.65. The SMILES string of the molecule is C=NC(CC(Cl)=NC)=NCc1cc(C)no1. The summed E-state index contributed by atoms with van der Waals surface area (Å²) < 4.78 is 5.01. The van der Waals surface area contributed by atoms with Crippen molar-refractivity contribution in [2.45, 2.75) is 19.9 Å². The van der Waals surface area contributed by atoms with E-state index in [1.807, 2.05) is 13.0 Å². The number of nitrogens with zero attached hydrogens (tertiary/aromatic N) is 4. The minimum Gasteiger partial charge on any atom is -0.359 e. The van der Waals surface area contributed by atoms with Crippen molar-refractivity contribution in [3.8, 4) is 0 Å². The van der Waals surface area contributed by atoms with Crippen molar-refractivity contribution in [1.29, 1.82) is 0 Å². The van der Waals surface area contributed by atoms with Gasteiger partial charge in [-0.3, -0.25) is 9.98 Å². The van der Waals surface area contributed by atoms with Crippen LogP contribution in [-0.4, -0.2) is 29.9 Å². The highest BCUT2D eigenvalue weighted by molar-refractivity contribution is 6.66. The minimum atomic E-state index is 0.378. The van der Waals surface area contributed by atoms with E-state index in [0.717, 1.165) is 5.69 Å². The number of hydrogen-bond donors (Lipinski definition) is 0. The molecule has 6 heteroatoms. The Hall–Kier alpha value is -1.49. The molecule has 16 heavy (non-hydrogen) atoms. The highest BCUT2D eigenvalue weighted by atomic mass is 35.5. The molecule has 1 rings (SSSR count). The fraction of sp³-hybridized carbons (Fsp3) is 0.400. The Morgan fingerprint density at radius 2 is 2.38 bits per heavy atom. The van der Waals surface area contributed by atoms with Gasteiger partial charge in [-0.25, -0.2) is 4.99 Å². The molecule has 0 saturated heterocycles. The van der Waals surface area contributed by atoms with Crippen LogP contribution in [0.3, 0.4) is 0 Å². The van der Waals surface area contributed by atoms with Gasteiger partial charge in [0.05, 0.1) is 12.1 Å². The summed E-state index contributed by atoms with van der Waals surface area (Å²) in [5.41, 5.74) is 0.825. The van der Waals surface area contributed by atoms with Crippen LogP contribution < -0.4 is 0 Å². The zero-order valence-electron chi connectivity index (χ0n) is 9.27. The van der Waals surface area contributed by atoms with Crippen LogP contribution in [0.1, 0.15) is 17.9 Å². The molecule has 0 saturated carbocycles. The fourth-order valence-electron chi connectivity index (χ4n) is 1.03. The smallest absolute Gasteiger partial charge is 0.158 e. The van der Waals surface area contributed by atoms with Crippen LogP contribution in [0.4, 0.5) is 0 Å². The van der Waals surface area contributed by atoms with Gasteiger partial charge in [0.2, 0.25) is 0 Å². The zero-order chi connectivity index (χ0) is 12.0. The summed E-state index contributed by atoms with van der Waals surface area (Å²) in [5.74, 6) is 1.22. The number of amidine groups is 1. The molecular formula is C10H13ClN4O. The highest BCUT2D eigenvalue weighted by Crippen LogP contribution is 2.05. The topological polar surface area (TPSA) is 63.1 Å². The van der Waals surface area contributed by atoms with Crippen molar-refractivity contribution < 1.29 is 4.52 Å². The van der Waals surface area contributed by atoms with Gasteiger partial charge in [0.1, 0.15) is 17.6 Å². The number of aliphatic imine (C=N–C) groups is 3. The van der Waals surface area contributed by atoms with E-state index in [1.54, 1.807) is 7.05 Å². The van der Waals surface area contributed by atoms with Gasteiger partial charge >= 0.3 is 0 Å². The minimum absolute atomic E-state index is 0.378. The monoisotopic (exact) mass is 240 g/mol. The number of aryl methyl sites for hydroxylation is 1. The van der Waals surface area contributed by atoms with Gasteiger partial charge in [0.25, 0.3) is 0 Å². The van der Waals surface area contributed by atoms with Crippen LogP contribution in [0, 0.1) is 6.92 Å². The third-order valence-corrected chi connectivity index (χ3v) is 2.13. The molecule has 1 aromatic heterocycles. The standard InChI is InChI=1S/C10H13ClN4O/c1-7-4-8(16-15-7)6-14-10(13-3)5-9(11)12-2/h4H,3,5-6H2,1-2H3. The molecule has 5 nitrogen and oxygen atoms in total. The number of halogens is 1. The second kappa shape index (κ2) is 6.17. The van der Waals surface area contributed by atoms with E-state index in [9.17, 15) is 0 Å². The molecular weight excluding hydrogens is 228 g/mol. The molecule has 0 spiro atoms. The van der Waals surface area contributed by atoms with Crippen LogP contribution in [0.5, 0.6) is 0 Å². The summed E-state index contributed by atoms with van der Waals surface area (Å²) in [4.78, 5) is 11.8. The Kier molecular flexibility index (Phi) is 4.85. The number of aromatic nitrogens is 1. The van der Waals surface area contributed by atoms with Gasteiger partial charge in [-0.2, -0.15) is 0 Å². The van der Waals surface area contributed by atoms with Crippen LogP contribution >= 0.6 is 11.6 Å². The Bertz CT molecular complexity index is 422. The van der Waals surface area contributed by atoms with Crippen LogP contribution in [-0.2, 0) is 6.54 Å². The first-order chi connectivity index (χ1) is 7.65. The molecule has 0 aliphatic heterocycles. The molecule has 86 valence electrons. The van der Waals surface area contributed by atoms with Crippen molar-refractivity contribution in [3.05, 3.63) is 17.5 Å². The Morgan fingerprint density at radius 1 is 1.62 bits per heavy atom. The van der Waals surface area contributed by atoms with Crippen LogP contribution in [0.25, 0.3) is 0 Å². The zero-order valence-corrected chi connectivity index (χ0v) is 10.0. The van der Waals surface area contributed by atoms with E-state index in [2.05, 4.69) is 26.9 Å². The predicted octanol–water partition coefficient (Wildman–Crippen LogP) is 2.24. The lowest BCUT2D eigenvalue weighted by Gasteiger charge is -1.97. The van der Waals surface area contributed by atoms with Gasteiger partial charge < -0.3 is 4.52 Å². The first kappa shape index (κ1) is 12.6. The Balaban J connectivity index is 2.63. The lowest BCUT2D eigenvalue weighted by atomic mass is 10.4. The van der Waals surface area contributed by atoms with E-state index in [0.29, 0.717) is 29.7 Å². The molecule has 0 N–H and O–H groups in total. The van der Waals surface area contributed by atoms with E-state index in [4.69, 9.17) is 16.1 Å². The highest BCUT2D eigenvalue weighted by Gasteiger charge is 2.03. The van der Waals surface area contributed by atoms with Crippen LogP contribution in [0.2, 0.25) is 0 Å². The van der Waals surface area contributed by atoms with Crippen molar-refractivity contribution in [2.75, 3.05) is 7.05 Å². The Labute approximate surface area is 98.9 Å². The van der Waals surface area contributed by atoms with Gasteiger partial charge in [-0.1, -0.05) is 16.8 Å². The first-order valence-corrected chi connectivity index (χ1v) is 5.07. The third-order valence-electron chi connectivity index (χ3n) is 1.82. The molecule has 0 aliphatic carbocycles. The van der Waals surface area contributed by atoms with Crippen molar-refractivity contribution in [1.82, 2.24) is 5.16 Å². The van der Waals surface area contributed by atoms with Crippen molar-refractivity contribution in [2.24, 2.45) is 15.0 Å². The summed E-state index contributed by atoms with van der Waals surface area (Å²) in [5, 5.41) is 4.20. The van der Waals surface area contributed by atoms with Gasteiger partial charge in [-0.15, -0.1) is 0 Å². The lowest BCUT2D eigenvalue weighted by Crippen LogP contribution is -2.00. The number of hydrogen-bond acceptors (Lipinski definition) is 4. The normalized spacial score (nSPS) is 12.9. The summed E-state index contributed by atoms with van der Waals surface area (Å²) in [7, 11) is 1.61. The molecule has 0 radical (unpaired) electrons. The maximum Gasteiger partial charge on any atom is 0.158 e. The van der Waals surface area contributed by atoms with Crippen molar-refractivity contribution in [3.63, 3.8) is 0 Å². The molecule has 0 amide bonds. The summed E-state index contributed by atoms with van der Waals surface area (Å²) in [6, 6.07) is 1.82. The molecule has 0 fully saturated rings. The second-order valence-corrected chi connectivity index (χ2v) is 3.54. The third kappa shape index (κ3) is 3.94. The second-order valence-electron chi connectivity index (χ2n) is 3.10. The molecule has 0 atom stereocenters. The largest absolute Gasteiger partial charge is 0.359 e. The molecule has 0 aliphatic rings.